The highest BCUT2D eigenvalue weighted by atomic mass is 35.5. The van der Waals surface area contributed by atoms with Crippen LogP contribution in [0.4, 0.5) is 0 Å². The van der Waals surface area contributed by atoms with Crippen LogP contribution >= 0.6 is 11.6 Å². The van der Waals surface area contributed by atoms with Gasteiger partial charge in [0.05, 0.1) is 19.1 Å². The van der Waals surface area contributed by atoms with Crippen molar-refractivity contribution in [2.75, 3.05) is 7.11 Å². The number of esters is 1. The Kier molecular flexibility index (Phi) is 7.01. The van der Waals surface area contributed by atoms with Gasteiger partial charge in [0.15, 0.2) is 0 Å². The first-order valence-corrected chi connectivity index (χ1v) is 10.6. The van der Waals surface area contributed by atoms with Crippen molar-refractivity contribution in [1.82, 2.24) is 4.57 Å². The Hall–Kier alpha value is -2.27. The summed E-state index contributed by atoms with van der Waals surface area (Å²) in [5.41, 5.74) is 9.61. The maximum absolute atomic E-state index is 12.5. The standard InChI is InChI=1S/C23H29ClN2O3/c1-15-21(23(25)28)22(17-10-6-7-11-18(17)24)19(12-13-20(27)29-2)26(15)14-16-8-4-3-5-9-16/h6-7,10-11,16H,3-5,8-9,12-14H2,1-2H3,(H2,25,28). The predicted octanol–water partition coefficient (Wildman–Crippen LogP) is 4.90. The molecule has 0 saturated heterocycles. The third-order valence-corrected chi connectivity index (χ3v) is 6.31. The maximum atomic E-state index is 12.5. The Morgan fingerprint density at radius 1 is 1.21 bits per heavy atom. The molecular formula is C23H29ClN2O3. The Morgan fingerprint density at radius 3 is 2.52 bits per heavy atom. The van der Waals surface area contributed by atoms with Crippen molar-refractivity contribution in [1.29, 1.82) is 0 Å². The summed E-state index contributed by atoms with van der Waals surface area (Å²) in [4.78, 5) is 24.3. The van der Waals surface area contributed by atoms with Crippen LogP contribution in [0.3, 0.4) is 0 Å². The molecule has 1 aromatic carbocycles. The average Bonchev–Trinajstić information content (AvgIpc) is 2.99. The summed E-state index contributed by atoms with van der Waals surface area (Å²) in [6, 6.07) is 7.45. The molecule has 0 atom stereocenters. The number of carbonyl (C=O) groups is 2. The molecular weight excluding hydrogens is 388 g/mol. The number of rotatable bonds is 7. The quantitative estimate of drug-likeness (QED) is 0.652. The molecule has 0 spiro atoms. The Labute approximate surface area is 177 Å². The molecule has 1 amide bonds. The van der Waals surface area contributed by atoms with Crippen LogP contribution < -0.4 is 5.73 Å². The molecule has 1 aliphatic carbocycles. The first-order chi connectivity index (χ1) is 13.9. The van der Waals surface area contributed by atoms with E-state index in [0.717, 1.165) is 29.1 Å². The summed E-state index contributed by atoms with van der Waals surface area (Å²) in [5, 5.41) is 0.559. The van der Waals surface area contributed by atoms with Crippen molar-refractivity contribution in [3.05, 3.63) is 46.2 Å². The number of hydrogen-bond donors (Lipinski definition) is 1. The van der Waals surface area contributed by atoms with Crippen LogP contribution in [0, 0.1) is 12.8 Å². The zero-order valence-electron chi connectivity index (χ0n) is 17.2. The van der Waals surface area contributed by atoms with Crippen molar-refractivity contribution in [3.63, 3.8) is 0 Å². The third kappa shape index (κ3) is 4.67. The highest BCUT2D eigenvalue weighted by molar-refractivity contribution is 6.33. The minimum Gasteiger partial charge on any atom is -0.469 e. The molecule has 0 bridgehead atoms. The minimum absolute atomic E-state index is 0.236. The van der Waals surface area contributed by atoms with Crippen LogP contribution in [0.15, 0.2) is 24.3 Å². The fraction of sp³-hybridized carbons (Fsp3) is 0.478. The summed E-state index contributed by atoms with van der Waals surface area (Å²) in [5.74, 6) is -0.190. The number of nitrogens with two attached hydrogens (primary N) is 1. The van der Waals surface area contributed by atoms with Gasteiger partial charge in [-0.1, -0.05) is 49.1 Å². The van der Waals surface area contributed by atoms with E-state index in [9.17, 15) is 9.59 Å². The van der Waals surface area contributed by atoms with Crippen LogP contribution in [0.25, 0.3) is 11.1 Å². The summed E-state index contributed by atoms with van der Waals surface area (Å²) >= 11 is 6.50. The van der Waals surface area contributed by atoms with Gasteiger partial charge in [-0.05, 0) is 38.2 Å². The minimum atomic E-state index is -0.473. The number of carbonyl (C=O) groups excluding carboxylic acids is 2. The molecule has 1 aliphatic rings. The summed E-state index contributed by atoms with van der Waals surface area (Å²) in [7, 11) is 1.39. The Balaban J connectivity index is 2.15. The van der Waals surface area contributed by atoms with Crippen molar-refractivity contribution < 1.29 is 14.3 Å². The van der Waals surface area contributed by atoms with Gasteiger partial charge in [0.25, 0.3) is 5.91 Å². The topological polar surface area (TPSA) is 74.3 Å². The van der Waals surface area contributed by atoms with Gasteiger partial charge in [-0.25, -0.2) is 0 Å². The van der Waals surface area contributed by atoms with E-state index in [-0.39, 0.29) is 12.4 Å². The van der Waals surface area contributed by atoms with E-state index < -0.39 is 5.91 Å². The van der Waals surface area contributed by atoms with E-state index in [1.54, 1.807) is 6.07 Å². The lowest BCUT2D eigenvalue weighted by Crippen LogP contribution is -2.18. The number of benzene rings is 1. The van der Waals surface area contributed by atoms with E-state index in [2.05, 4.69) is 4.57 Å². The Morgan fingerprint density at radius 2 is 1.90 bits per heavy atom. The molecule has 6 heteroatoms. The number of primary amides is 1. The van der Waals surface area contributed by atoms with Gasteiger partial charge >= 0.3 is 5.97 Å². The molecule has 1 aromatic heterocycles. The first kappa shape index (κ1) is 21.4. The molecule has 0 aliphatic heterocycles. The van der Waals surface area contributed by atoms with Crippen molar-refractivity contribution in [2.24, 2.45) is 11.7 Å². The highest BCUT2D eigenvalue weighted by Gasteiger charge is 2.27. The van der Waals surface area contributed by atoms with Crippen LogP contribution in [0.1, 0.15) is 60.3 Å². The van der Waals surface area contributed by atoms with Crippen LogP contribution in [0.2, 0.25) is 5.02 Å². The molecule has 0 unspecified atom stereocenters. The van der Waals surface area contributed by atoms with Crippen molar-refractivity contribution >= 4 is 23.5 Å². The summed E-state index contributed by atoms with van der Waals surface area (Å²) in [6.45, 7) is 2.76. The second-order valence-corrected chi connectivity index (χ2v) is 8.22. The zero-order chi connectivity index (χ0) is 21.0. The van der Waals surface area contributed by atoms with Gasteiger partial charge in [0, 0.05) is 34.1 Å². The Bertz CT molecular complexity index is 898. The fourth-order valence-electron chi connectivity index (χ4n) is 4.51. The van der Waals surface area contributed by atoms with E-state index in [1.165, 1.54) is 39.2 Å². The maximum Gasteiger partial charge on any atom is 0.305 e. The van der Waals surface area contributed by atoms with Crippen molar-refractivity contribution in [2.45, 2.75) is 58.4 Å². The molecule has 5 nitrogen and oxygen atoms in total. The number of hydrogen-bond acceptors (Lipinski definition) is 3. The van der Waals surface area contributed by atoms with E-state index >= 15 is 0 Å². The largest absolute Gasteiger partial charge is 0.469 e. The van der Waals surface area contributed by atoms with E-state index in [4.69, 9.17) is 22.1 Å². The predicted molar refractivity (Wildman–Crippen MR) is 115 cm³/mol. The lowest BCUT2D eigenvalue weighted by Gasteiger charge is -2.24. The van der Waals surface area contributed by atoms with E-state index in [1.807, 2.05) is 25.1 Å². The molecule has 29 heavy (non-hydrogen) atoms. The number of halogens is 1. The van der Waals surface area contributed by atoms with Gasteiger partial charge < -0.3 is 15.0 Å². The summed E-state index contributed by atoms with van der Waals surface area (Å²) in [6.07, 6.45) is 6.83. The molecule has 1 saturated carbocycles. The van der Waals surface area contributed by atoms with E-state index in [0.29, 0.717) is 22.9 Å². The number of nitrogens with zero attached hydrogens (tertiary/aromatic N) is 1. The van der Waals surface area contributed by atoms with Crippen LogP contribution in [0.5, 0.6) is 0 Å². The SMILES string of the molecule is COC(=O)CCc1c(-c2ccccc2Cl)c(C(N)=O)c(C)n1CC1CCCCC1. The van der Waals surface area contributed by atoms with Gasteiger partial charge in [0.1, 0.15) is 0 Å². The molecule has 1 heterocycles. The third-order valence-electron chi connectivity index (χ3n) is 5.98. The highest BCUT2D eigenvalue weighted by Crippen LogP contribution is 2.38. The second-order valence-electron chi connectivity index (χ2n) is 7.82. The van der Waals surface area contributed by atoms with Gasteiger partial charge in [-0.3, -0.25) is 9.59 Å². The molecule has 2 N–H and O–H groups in total. The molecule has 3 rings (SSSR count). The number of amides is 1. The number of methoxy groups -OCH3 is 1. The van der Waals surface area contributed by atoms with Gasteiger partial charge in [-0.15, -0.1) is 0 Å². The van der Waals surface area contributed by atoms with Crippen LogP contribution in [-0.2, 0) is 22.5 Å². The van der Waals surface area contributed by atoms with Crippen molar-refractivity contribution in [3.8, 4) is 11.1 Å². The average molecular weight is 417 g/mol. The van der Waals surface area contributed by atoms with Crippen LogP contribution in [-0.4, -0.2) is 23.6 Å². The first-order valence-electron chi connectivity index (χ1n) is 10.3. The number of ether oxygens (including phenoxy) is 1. The zero-order valence-corrected chi connectivity index (χ0v) is 17.9. The second kappa shape index (κ2) is 9.49. The summed E-state index contributed by atoms with van der Waals surface area (Å²) < 4.78 is 7.04. The van der Waals surface area contributed by atoms with Gasteiger partial charge in [-0.2, -0.15) is 0 Å². The smallest absolute Gasteiger partial charge is 0.305 e. The number of aromatic nitrogens is 1. The fourth-order valence-corrected chi connectivity index (χ4v) is 4.74. The lowest BCUT2D eigenvalue weighted by molar-refractivity contribution is -0.140. The van der Waals surface area contributed by atoms with Gasteiger partial charge in [0.2, 0.25) is 0 Å². The molecule has 1 fully saturated rings. The normalized spacial score (nSPS) is 14.7. The lowest BCUT2D eigenvalue weighted by atomic mass is 9.89. The molecule has 0 radical (unpaired) electrons. The molecule has 2 aromatic rings. The molecule has 156 valence electrons. The monoisotopic (exact) mass is 416 g/mol.